The molecule has 2 aromatic heterocycles. The number of anilines is 2. The molecule has 19 heavy (non-hydrogen) atoms. The van der Waals surface area contributed by atoms with Gasteiger partial charge >= 0.3 is 0 Å². The number of nitrogen functional groups attached to an aromatic ring is 1. The molecule has 5 heteroatoms. The van der Waals surface area contributed by atoms with Crippen molar-refractivity contribution in [1.82, 2.24) is 4.98 Å². The number of hydrogen-bond donors (Lipinski definition) is 1. The normalized spacial score (nSPS) is 19.1. The summed E-state index contributed by atoms with van der Waals surface area (Å²) in [6.45, 7) is 2.91. The van der Waals surface area contributed by atoms with E-state index in [1.807, 2.05) is 25.1 Å². The zero-order valence-electron chi connectivity index (χ0n) is 10.8. The first-order valence-corrected chi connectivity index (χ1v) is 6.77. The number of pyridine rings is 1. The number of aryl methyl sites for hydroxylation is 1. The molecule has 3 heterocycles. The minimum atomic E-state index is 0.230. The van der Waals surface area contributed by atoms with Crippen LogP contribution in [0.15, 0.2) is 28.8 Å². The summed E-state index contributed by atoms with van der Waals surface area (Å²) in [6, 6.07) is 6.09. The fraction of sp³-hybridized carbons (Fsp3) is 0.357. The van der Waals surface area contributed by atoms with E-state index in [2.05, 4.69) is 9.88 Å². The van der Waals surface area contributed by atoms with Gasteiger partial charge < -0.3 is 15.1 Å². The second kappa shape index (κ2) is 4.78. The van der Waals surface area contributed by atoms with Gasteiger partial charge in [0.2, 0.25) is 0 Å². The van der Waals surface area contributed by atoms with Gasteiger partial charge in [0.1, 0.15) is 17.3 Å². The lowest BCUT2D eigenvalue weighted by Gasteiger charge is -2.26. The lowest BCUT2D eigenvalue weighted by atomic mass is 10.1. The highest BCUT2D eigenvalue weighted by molar-refractivity contribution is 6.33. The quantitative estimate of drug-likeness (QED) is 0.912. The van der Waals surface area contributed by atoms with Crippen molar-refractivity contribution in [3.8, 4) is 0 Å². The Bertz CT molecular complexity index is 596. The van der Waals surface area contributed by atoms with Gasteiger partial charge in [0, 0.05) is 18.8 Å². The number of furan rings is 1. The zero-order chi connectivity index (χ0) is 13.4. The third kappa shape index (κ3) is 2.28. The van der Waals surface area contributed by atoms with E-state index in [-0.39, 0.29) is 6.04 Å². The zero-order valence-corrected chi connectivity index (χ0v) is 11.5. The summed E-state index contributed by atoms with van der Waals surface area (Å²) in [5.41, 5.74) is 6.70. The van der Waals surface area contributed by atoms with Crippen LogP contribution >= 0.6 is 11.6 Å². The molecule has 1 fully saturated rings. The van der Waals surface area contributed by atoms with Crippen LogP contribution in [0.2, 0.25) is 5.02 Å². The number of aromatic nitrogens is 1. The molecule has 0 aromatic carbocycles. The molecule has 0 saturated carbocycles. The molecule has 1 aliphatic rings. The summed E-state index contributed by atoms with van der Waals surface area (Å²) in [5.74, 6) is 2.41. The van der Waals surface area contributed by atoms with Crippen molar-refractivity contribution in [3.63, 3.8) is 0 Å². The lowest BCUT2D eigenvalue weighted by Crippen LogP contribution is -2.22. The van der Waals surface area contributed by atoms with Gasteiger partial charge in [0.15, 0.2) is 0 Å². The van der Waals surface area contributed by atoms with Crippen LogP contribution in [0.25, 0.3) is 0 Å². The van der Waals surface area contributed by atoms with Crippen molar-refractivity contribution in [2.24, 2.45) is 0 Å². The number of nitrogens with zero attached hydrogens (tertiary/aromatic N) is 2. The van der Waals surface area contributed by atoms with E-state index in [0.29, 0.717) is 10.8 Å². The molecule has 1 atom stereocenters. The van der Waals surface area contributed by atoms with Gasteiger partial charge in [-0.15, -0.1) is 0 Å². The molecular formula is C14H16ClN3O. The summed E-state index contributed by atoms with van der Waals surface area (Å²) < 4.78 is 5.76. The highest BCUT2D eigenvalue weighted by Crippen LogP contribution is 2.40. The van der Waals surface area contributed by atoms with Crippen molar-refractivity contribution < 1.29 is 4.42 Å². The largest absolute Gasteiger partial charge is 0.464 e. The molecule has 1 aliphatic heterocycles. The highest BCUT2D eigenvalue weighted by atomic mass is 35.5. The van der Waals surface area contributed by atoms with Crippen LogP contribution in [-0.4, -0.2) is 11.5 Å². The summed E-state index contributed by atoms with van der Waals surface area (Å²) >= 11 is 6.24. The smallest absolute Gasteiger partial charge is 0.126 e. The van der Waals surface area contributed by atoms with Gasteiger partial charge in [0.25, 0.3) is 0 Å². The molecule has 0 radical (unpaired) electrons. The maximum atomic E-state index is 6.24. The molecule has 1 unspecified atom stereocenters. The molecule has 0 aliphatic carbocycles. The summed E-state index contributed by atoms with van der Waals surface area (Å²) in [4.78, 5) is 6.26. The molecular weight excluding hydrogens is 262 g/mol. The molecule has 1 saturated heterocycles. The van der Waals surface area contributed by atoms with E-state index in [0.717, 1.165) is 36.6 Å². The first-order chi connectivity index (χ1) is 9.15. The maximum Gasteiger partial charge on any atom is 0.126 e. The van der Waals surface area contributed by atoms with Crippen LogP contribution in [0.4, 0.5) is 11.5 Å². The SMILES string of the molecule is Cc1ccc(C2CCCN2c2cc(N)ncc2Cl)o1. The van der Waals surface area contributed by atoms with E-state index in [9.17, 15) is 0 Å². The Morgan fingerprint density at radius 2 is 2.32 bits per heavy atom. The second-order valence-corrected chi connectivity index (χ2v) is 5.27. The van der Waals surface area contributed by atoms with Gasteiger partial charge in [-0.1, -0.05) is 11.6 Å². The van der Waals surface area contributed by atoms with E-state index in [4.69, 9.17) is 21.8 Å². The fourth-order valence-electron chi connectivity index (χ4n) is 2.65. The van der Waals surface area contributed by atoms with Crippen molar-refractivity contribution >= 4 is 23.1 Å². The van der Waals surface area contributed by atoms with E-state index >= 15 is 0 Å². The minimum absolute atomic E-state index is 0.230. The van der Waals surface area contributed by atoms with Crippen molar-refractivity contribution in [2.75, 3.05) is 17.2 Å². The third-order valence-electron chi connectivity index (χ3n) is 3.51. The molecule has 0 amide bonds. The van der Waals surface area contributed by atoms with Crippen LogP contribution in [-0.2, 0) is 0 Å². The number of nitrogens with two attached hydrogens (primary N) is 1. The topological polar surface area (TPSA) is 55.3 Å². The van der Waals surface area contributed by atoms with Crippen LogP contribution in [0.1, 0.15) is 30.4 Å². The second-order valence-electron chi connectivity index (χ2n) is 4.86. The first-order valence-electron chi connectivity index (χ1n) is 6.39. The van der Waals surface area contributed by atoms with E-state index < -0.39 is 0 Å². The van der Waals surface area contributed by atoms with Crippen molar-refractivity contribution in [1.29, 1.82) is 0 Å². The van der Waals surface area contributed by atoms with Gasteiger partial charge in [-0.05, 0) is 31.9 Å². The summed E-state index contributed by atoms with van der Waals surface area (Å²) in [5, 5.41) is 0.629. The Labute approximate surface area is 117 Å². The van der Waals surface area contributed by atoms with Crippen LogP contribution in [0.5, 0.6) is 0 Å². The molecule has 4 nitrogen and oxygen atoms in total. The molecule has 2 N–H and O–H groups in total. The Morgan fingerprint density at radius 1 is 1.47 bits per heavy atom. The summed E-state index contributed by atoms with van der Waals surface area (Å²) in [7, 11) is 0. The molecule has 0 bridgehead atoms. The number of halogens is 1. The monoisotopic (exact) mass is 277 g/mol. The highest BCUT2D eigenvalue weighted by Gasteiger charge is 2.30. The Morgan fingerprint density at radius 3 is 3.05 bits per heavy atom. The minimum Gasteiger partial charge on any atom is -0.464 e. The van der Waals surface area contributed by atoms with Crippen LogP contribution in [0.3, 0.4) is 0 Å². The molecule has 2 aromatic rings. The van der Waals surface area contributed by atoms with E-state index in [1.54, 1.807) is 6.20 Å². The van der Waals surface area contributed by atoms with Gasteiger partial charge in [0.05, 0.1) is 16.8 Å². The number of hydrogen-bond acceptors (Lipinski definition) is 4. The summed E-state index contributed by atoms with van der Waals surface area (Å²) in [6.07, 6.45) is 3.78. The standard InChI is InChI=1S/C14H16ClN3O/c1-9-4-5-13(19-9)11-3-2-6-18(11)12-7-14(16)17-8-10(12)15/h4-5,7-8,11H,2-3,6H2,1H3,(H2,16,17). The van der Waals surface area contributed by atoms with Crippen molar-refractivity contribution in [2.45, 2.75) is 25.8 Å². The molecule has 0 spiro atoms. The Kier molecular flexibility index (Phi) is 3.11. The average molecular weight is 278 g/mol. The molecule has 100 valence electrons. The Balaban J connectivity index is 1.97. The van der Waals surface area contributed by atoms with Gasteiger partial charge in [-0.25, -0.2) is 4.98 Å². The third-order valence-corrected chi connectivity index (χ3v) is 3.80. The van der Waals surface area contributed by atoms with Gasteiger partial charge in [-0.3, -0.25) is 0 Å². The van der Waals surface area contributed by atoms with Crippen LogP contribution in [0, 0.1) is 6.92 Å². The van der Waals surface area contributed by atoms with Gasteiger partial charge in [-0.2, -0.15) is 0 Å². The van der Waals surface area contributed by atoms with Crippen molar-refractivity contribution in [3.05, 3.63) is 40.9 Å². The number of rotatable bonds is 2. The fourth-order valence-corrected chi connectivity index (χ4v) is 2.86. The lowest BCUT2D eigenvalue weighted by molar-refractivity contribution is 0.445. The van der Waals surface area contributed by atoms with E-state index in [1.165, 1.54) is 0 Å². The average Bonchev–Trinajstić information content (AvgIpc) is 3.00. The Hall–Kier alpha value is -1.68. The maximum absolute atomic E-state index is 6.24. The van der Waals surface area contributed by atoms with Crippen LogP contribution < -0.4 is 10.6 Å². The first kappa shape index (κ1) is 12.4. The predicted molar refractivity (Wildman–Crippen MR) is 76.4 cm³/mol. The predicted octanol–water partition coefficient (Wildman–Crippen LogP) is 3.56. The molecule has 3 rings (SSSR count).